The summed E-state index contributed by atoms with van der Waals surface area (Å²) < 4.78 is 12.1. The summed E-state index contributed by atoms with van der Waals surface area (Å²) in [7, 11) is 1.59. The first-order valence-corrected chi connectivity index (χ1v) is 9.68. The van der Waals surface area contributed by atoms with E-state index >= 15 is 0 Å². The van der Waals surface area contributed by atoms with E-state index in [1.54, 1.807) is 19.4 Å². The van der Waals surface area contributed by atoms with Crippen LogP contribution in [0.25, 0.3) is 0 Å². The number of nitrogens with zero attached hydrogens (tertiary/aromatic N) is 2. The Hall–Kier alpha value is -3.30. The van der Waals surface area contributed by atoms with Crippen LogP contribution in [0.3, 0.4) is 0 Å². The lowest BCUT2D eigenvalue weighted by Crippen LogP contribution is -1.99. The molecule has 6 heteroatoms. The van der Waals surface area contributed by atoms with Crippen LogP contribution in [-0.4, -0.2) is 13.3 Å². The van der Waals surface area contributed by atoms with Gasteiger partial charge in [0, 0.05) is 15.6 Å². The van der Waals surface area contributed by atoms with Crippen LogP contribution in [0.5, 0.6) is 11.5 Å². The van der Waals surface area contributed by atoms with Crippen LogP contribution in [0.15, 0.2) is 76.4 Å². The molecule has 0 fully saturated rings. The van der Waals surface area contributed by atoms with E-state index in [0.29, 0.717) is 23.7 Å². The molecule has 0 saturated heterocycles. The van der Waals surface area contributed by atoms with E-state index in [4.69, 9.17) is 19.6 Å². The van der Waals surface area contributed by atoms with Crippen molar-refractivity contribution in [2.45, 2.75) is 13.2 Å². The zero-order valence-electron chi connectivity index (χ0n) is 15.8. The van der Waals surface area contributed by atoms with Crippen LogP contribution in [-0.2, 0) is 18.1 Å². The van der Waals surface area contributed by atoms with Crippen LogP contribution in [0.4, 0.5) is 0 Å². The molecule has 0 aliphatic rings. The minimum atomic E-state index is 0.216. The highest BCUT2D eigenvalue weighted by molar-refractivity contribution is 9.10. The quantitative estimate of drug-likeness (QED) is 0.337. The molecule has 3 rings (SSSR count). The first kappa shape index (κ1) is 20.4. The molecule has 146 valence electrons. The minimum absolute atomic E-state index is 0.216. The number of nitriles is 1. The summed E-state index contributed by atoms with van der Waals surface area (Å²) in [4.78, 5) is 5.36. The molecule has 0 saturated carbocycles. The largest absolute Gasteiger partial charge is 0.493 e. The SMILES string of the molecule is COc1cc(/C=N\OCc2ccccc2C#N)c(Br)cc1OCc1ccccc1. The number of hydrogen-bond acceptors (Lipinski definition) is 5. The lowest BCUT2D eigenvalue weighted by molar-refractivity contribution is 0.132. The van der Waals surface area contributed by atoms with Gasteiger partial charge in [0.15, 0.2) is 11.5 Å². The second kappa shape index (κ2) is 10.3. The van der Waals surface area contributed by atoms with E-state index in [1.165, 1.54) is 0 Å². The minimum Gasteiger partial charge on any atom is -0.493 e. The molecule has 0 aliphatic heterocycles. The lowest BCUT2D eigenvalue weighted by atomic mass is 10.1. The standard InChI is InChI=1S/C23H19BrN2O3/c1-27-22-11-20(14-26-29-16-19-10-6-5-9-18(19)13-25)21(24)12-23(22)28-15-17-7-3-2-4-8-17/h2-12,14H,15-16H2,1H3/b26-14-. The third-order valence-electron chi connectivity index (χ3n) is 4.14. The van der Waals surface area contributed by atoms with E-state index in [2.05, 4.69) is 27.2 Å². The molecule has 0 unspecified atom stereocenters. The predicted octanol–water partition coefficient (Wildman–Crippen LogP) is 5.46. The molecule has 3 aromatic carbocycles. The van der Waals surface area contributed by atoms with Crippen molar-refractivity contribution in [1.29, 1.82) is 5.26 Å². The summed E-state index contributed by atoms with van der Waals surface area (Å²) in [6.45, 7) is 0.658. The number of oxime groups is 1. The van der Waals surface area contributed by atoms with Gasteiger partial charge in [0.05, 0.1) is 25.0 Å². The van der Waals surface area contributed by atoms with Gasteiger partial charge in [-0.2, -0.15) is 5.26 Å². The van der Waals surface area contributed by atoms with E-state index < -0.39 is 0 Å². The van der Waals surface area contributed by atoms with E-state index in [9.17, 15) is 0 Å². The molecule has 0 bridgehead atoms. The van der Waals surface area contributed by atoms with Gasteiger partial charge in [0.1, 0.15) is 13.2 Å². The Balaban J connectivity index is 1.66. The Bertz CT molecular complexity index is 1030. The monoisotopic (exact) mass is 450 g/mol. The second-order valence-electron chi connectivity index (χ2n) is 6.08. The lowest BCUT2D eigenvalue weighted by Gasteiger charge is -2.12. The third-order valence-corrected chi connectivity index (χ3v) is 4.83. The topological polar surface area (TPSA) is 63.8 Å². The molecular formula is C23H19BrN2O3. The summed E-state index contributed by atoms with van der Waals surface area (Å²) in [6.07, 6.45) is 1.59. The van der Waals surface area contributed by atoms with Crippen LogP contribution >= 0.6 is 15.9 Å². The normalized spacial score (nSPS) is 10.5. The van der Waals surface area contributed by atoms with Crippen molar-refractivity contribution in [3.8, 4) is 17.6 Å². The van der Waals surface area contributed by atoms with Crippen LogP contribution < -0.4 is 9.47 Å². The molecule has 0 amide bonds. The van der Waals surface area contributed by atoms with Crippen LogP contribution in [0.1, 0.15) is 22.3 Å². The van der Waals surface area contributed by atoms with Gasteiger partial charge < -0.3 is 14.3 Å². The number of rotatable bonds is 8. The number of hydrogen-bond donors (Lipinski definition) is 0. The Kier molecular flexibility index (Phi) is 7.26. The summed E-state index contributed by atoms with van der Waals surface area (Å²) >= 11 is 3.53. The molecule has 0 aromatic heterocycles. The van der Waals surface area contributed by atoms with Crippen molar-refractivity contribution in [3.63, 3.8) is 0 Å². The summed E-state index contributed by atoms with van der Waals surface area (Å²) in [5.74, 6) is 1.23. The van der Waals surface area contributed by atoms with E-state index in [0.717, 1.165) is 21.2 Å². The number of methoxy groups -OCH3 is 1. The van der Waals surface area contributed by atoms with Crippen LogP contribution in [0.2, 0.25) is 0 Å². The Morgan fingerprint density at radius 1 is 1.00 bits per heavy atom. The summed E-state index contributed by atoms with van der Waals surface area (Å²) in [5.41, 5.74) is 3.21. The molecule has 0 heterocycles. The average Bonchev–Trinajstić information content (AvgIpc) is 2.77. The summed E-state index contributed by atoms with van der Waals surface area (Å²) in [5, 5.41) is 13.1. The molecule has 29 heavy (non-hydrogen) atoms. The second-order valence-corrected chi connectivity index (χ2v) is 6.93. The Labute approximate surface area is 178 Å². The highest BCUT2D eigenvalue weighted by Crippen LogP contribution is 2.33. The fraction of sp³-hybridized carbons (Fsp3) is 0.130. The van der Waals surface area contributed by atoms with Crippen molar-refractivity contribution in [2.24, 2.45) is 5.16 Å². The van der Waals surface area contributed by atoms with Crippen molar-refractivity contribution < 1.29 is 14.3 Å². The first-order chi connectivity index (χ1) is 14.2. The van der Waals surface area contributed by atoms with E-state index in [1.807, 2.05) is 60.7 Å². The smallest absolute Gasteiger partial charge is 0.162 e. The maximum absolute atomic E-state index is 9.11. The fourth-order valence-electron chi connectivity index (χ4n) is 2.61. The zero-order chi connectivity index (χ0) is 20.5. The predicted molar refractivity (Wildman–Crippen MR) is 115 cm³/mol. The van der Waals surface area contributed by atoms with Gasteiger partial charge in [-0.3, -0.25) is 0 Å². The number of ether oxygens (including phenoxy) is 2. The highest BCUT2D eigenvalue weighted by atomic mass is 79.9. The fourth-order valence-corrected chi connectivity index (χ4v) is 3.04. The Morgan fingerprint density at radius 3 is 2.52 bits per heavy atom. The summed E-state index contributed by atoms with van der Waals surface area (Å²) in [6, 6.07) is 23.0. The first-order valence-electron chi connectivity index (χ1n) is 8.89. The molecule has 0 spiro atoms. The van der Waals surface area contributed by atoms with Crippen molar-refractivity contribution >= 4 is 22.1 Å². The maximum atomic E-state index is 9.11. The van der Waals surface area contributed by atoms with Crippen LogP contribution in [0, 0.1) is 11.3 Å². The molecule has 0 N–H and O–H groups in total. The van der Waals surface area contributed by atoms with Crippen molar-refractivity contribution in [2.75, 3.05) is 7.11 Å². The van der Waals surface area contributed by atoms with Crippen molar-refractivity contribution in [3.05, 3.63) is 93.5 Å². The average molecular weight is 451 g/mol. The molecule has 3 aromatic rings. The molecule has 0 aliphatic carbocycles. The van der Waals surface area contributed by atoms with Gasteiger partial charge in [-0.15, -0.1) is 0 Å². The molecule has 5 nitrogen and oxygen atoms in total. The van der Waals surface area contributed by atoms with Gasteiger partial charge in [-0.05, 0) is 39.7 Å². The number of halogens is 1. The number of benzene rings is 3. The molecule has 0 atom stereocenters. The third kappa shape index (κ3) is 5.59. The van der Waals surface area contributed by atoms with Gasteiger partial charge in [0.25, 0.3) is 0 Å². The molecular weight excluding hydrogens is 432 g/mol. The van der Waals surface area contributed by atoms with E-state index in [-0.39, 0.29) is 6.61 Å². The zero-order valence-corrected chi connectivity index (χ0v) is 17.4. The van der Waals surface area contributed by atoms with Gasteiger partial charge in [0.2, 0.25) is 0 Å². The molecule has 0 radical (unpaired) electrons. The maximum Gasteiger partial charge on any atom is 0.162 e. The van der Waals surface area contributed by atoms with Gasteiger partial charge >= 0.3 is 0 Å². The van der Waals surface area contributed by atoms with Crippen molar-refractivity contribution in [1.82, 2.24) is 0 Å². The van der Waals surface area contributed by atoms with Gasteiger partial charge in [-0.25, -0.2) is 0 Å². The highest BCUT2D eigenvalue weighted by Gasteiger charge is 2.10. The Morgan fingerprint density at radius 2 is 1.76 bits per heavy atom. The van der Waals surface area contributed by atoms with Gasteiger partial charge in [-0.1, -0.05) is 53.7 Å².